The van der Waals surface area contributed by atoms with Crippen molar-refractivity contribution in [2.75, 3.05) is 0 Å². The molecular formula is C15H17BO2. The normalized spacial score (nSPS) is 10.5. The van der Waals surface area contributed by atoms with Gasteiger partial charge in [-0.25, -0.2) is 0 Å². The molecule has 0 spiro atoms. The summed E-state index contributed by atoms with van der Waals surface area (Å²) in [5, 5.41) is 19.0. The molecule has 0 unspecified atom stereocenters. The van der Waals surface area contributed by atoms with Gasteiger partial charge in [0.2, 0.25) is 0 Å². The van der Waals surface area contributed by atoms with Crippen LogP contribution >= 0.6 is 0 Å². The molecular weight excluding hydrogens is 223 g/mol. The van der Waals surface area contributed by atoms with Gasteiger partial charge in [0, 0.05) is 0 Å². The zero-order valence-electron chi connectivity index (χ0n) is 10.9. The molecule has 3 heteroatoms. The molecule has 92 valence electrons. The average Bonchev–Trinajstić information content (AvgIpc) is 2.28. The van der Waals surface area contributed by atoms with Crippen molar-refractivity contribution in [3.63, 3.8) is 0 Å². The van der Waals surface area contributed by atoms with E-state index >= 15 is 0 Å². The first-order valence-electron chi connectivity index (χ1n) is 6.04. The lowest BCUT2D eigenvalue weighted by Gasteiger charge is -2.17. The van der Waals surface area contributed by atoms with Gasteiger partial charge in [-0.3, -0.25) is 0 Å². The average molecular weight is 240 g/mol. The van der Waals surface area contributed by atoms with E-state index in [0.29, 0.717) is 5.46 Å². The molecule has 0 atom stereocenters. The summed E-state index contributed by atoms with van der Waals surface area (Å²) in [6.45, 7) is 5.90. The molecule has 0 amide bonds. The third kappa shape index (κ3) is 2.19. The van der Waals surface area contributed by atoms with Crippen LogP contribution < -0.4 is 5.46 Å². The summed E-state index contributed by atoms with van der Waals surface area (Å²) in [6, 6.07) is 12.0. The highest BCUT2D eigenvalue weighted by Crippen LogP contribution is 2.27. The minimum atomic E-state index is -1.42. The van der Waals surface area contributed by atoms with Crippen molar-refractivity contribution in [2.24, 2.45) is 0 Å². The van der Waals surface area contributed by atoms with Gasteiger partial charge in [-0.05, 0) is 48.5 Å². The van der Waals surface area contributed by atoms with E-state index < -0.39 is 7.12 Å². The maximum absolute atomic E-state index is 9.50. The van der Waals surface area contributed by atoms with Crippen molar-refractivity contribution in [1.82, 2.24) is 0 Å². The molecule has 2 N–H and O–H groups in total. The summed E-state index contributed by atoms with van der Waals surface area (Å²) >= 11 is 0. The van der Waals surface area contributed by atoms with Crippen molar-refractivity contribution >= 4 is 12.6 Å². The lowest BCUT2D eigenvalue weighted by atomic mass is 9.71. The summed E-state index contributed by atoms with van der Waals surface area (Å²) < 4.78 is 0. The molecule has 0 aliphatic rings. The second-order valence-corrected chi connectivity index (χ2v) is 4.66. The van der Waals surface area contributed by atoms with Crippen molar-refractivity contribution in [1.29, 1.82) is 0 Å². The fraction of sp³-hybridized carbons (Fsp3) is 0.200. The second kappa shape index (κ2) is 4.97. The van der Waals surface area contributed by atoms with E-state index in [9.17, 15) is 10.0 Å². The van der Waals surface area contributed by atoms with Crippen LogP contribution in [0.3, 0.4) is 0 Å². The van der Waals surface area contributed by atoms with Crippen molar-refractivity contribution in [3.8, 4) is 11.1 Å². The third-order valence-electron chi connectivity index (χ3n) is 3.35. The minimum absolute atomic E-state index is 0.611. The summed E-state index contributed by atoms with van der Waals surface area (Å²) in [5.74, 6) is 0. The Morgan fingerprint density at radius 1 is 0.889 bits per heavy atom. The molecule has 0 radical (unpaired) electrons. The summed E-state index contributed by atoms with van der Waals surface area (Å²) in [7, 11) is -1.42. The largest absolute Gasteiger partial charge is 0.488 e. The highest BCUT2D eigenvalue weighted by Gasteiger charge is 2.20. The second-order valence-electron chi connectivity index (χ2n) is 4.66. The molecule has 2 aromatic carbocycles. The van der Waals surface area contributed by atoms with Crippen LogP contribution in [0, 0.1) is 20.8 Å². The van der Waals surface area contributed by atoms with Crippen LogP contribution in [0.25, 0.3) is 11.1 Å². The third-order valence-corrected chi connectivity index (χ3v) is 3.35. The van der Waals surface area contributed by atoms with E-state index in [-0.39, 0.29) is 0 Å². The molecule has 2 rings (SSSR count). The van der Waals surface area contributed by atoms with Gasteiger partial charge in [0.1, 0.15) is 0 Å². The quantitative estimate of drug-likeness (QED) is 0.788. The lowest BCUT2D eigenvalue weighted by Crippen LogP contribution is -2.35. The van der Waals surface area contributed by atoms with Crippen LogP contribution in [0.1, 0.15) is 16.7 Å². The molecule has 0 aromatic heterocycles. The predicted molar refractivity (Wildman–Crippen MR) is 75.9 cm³/mol. The van der Waals surface area contributed by atoms with Crippen molar-refractivity contribution < 1.29 is 10.0 Å². The number of rotatable bonds is 2. The first kappa shape index (κ1) is 12.9. The Morgan fingerprint density at radius 3 is 2.06 bits per heavy atom. The molecule has 0 heterocycles. The highest BCUT2D eigenvalue weighted by atomic mass is 16.4. The molecule has 0 fully saturated rings. The molecule has 0 aliphatic carbocycles. The summed E-state index contributed by atoms with van der Waals surface area (Å²) in [5.41, 5.74) is 5.81. The minimum Gasteiger partial charge on any atom is -0.423 e. The van der Waals surface area contributed by atoms with Crippen LogP contribution in [-0.4, -0.2) is 17.2 Å². The van der Waals surface area contributed by atoms with Gasteiger partial charge in [0.05, 0.1) is 0 Å². The fourth-order valence-electron chi connectivity index (χ4n) is 2.65. The standard InChI is InChI=1S/C15H17BO2/c1-10-9-11(2)15(16(17)18)12(3)14(10)13-7-5-4-6-8-13/h4-9,17-18H,1-3H3. The van der Waals surface area contributed by atoms with Crippen molar-refractivity contribution in [2.45, 2.75) is 20.8 Å². The van der Waals surface area contributed by atoms with Gasteiger partial charge < -0.3 is 10.0 Å². The topological polar surface area (TPSA) is 40.5 Å². The van der Waals surface area contributed by atoms with E-state index in [1.807, 2.05) is 50.2 Å². The van der Waals surface area contributed by atoms with Gasteiger partial charge in [0.15, 0.2) is 0 Å². The Hall–Kier alpha value is -1.58. The number of hydrogen-bond donors (Lipinski definition) is 2. The van der Waals surface area contributed by atoms with Crippen LogP contribution in [0.15, 0.2) is 36.4 Å². The summed E-state index contributed by atoms with van der Waals surface area (Å²) in [4.78, 5) is 0. The maximum atomic E-state index is 9.50. The van der Waals surface area contributed by atoms with Gasteiger partial charge in [-0.2, -0.15) is 0 Å². The highest BCUT2D eigenvalue weighted by molar-refractivity contribution is 6.60. The first-order valence-corrected chi connectivity index (χ1v) is 6.04. The van der Waals surface area contributed by atoms with E-state index in [0.717, 1.165) is 27.8 Å². The Bertz CT molecular complexity index is 562. The van der Waals surface area contributed by atoms with Gasteiger partial charge in [-0.15, -0.1) is 0 Å². The van der Waals surface area contributed by atoms with E-state index in [1.165, 1.54) is 0 Å². The van der Waals surface area contributed by atoms with Crippen molar-refractivity contribution in [3.05, 3.63) is 53.1 Å². The molecule has 0 bridgehead atoms. The number of hydrogen-bond acceptors (Lipinski definition) is 2. The van der Waals surface area contributed by atoms with Crippen LogP contribution in [0.4, 0.5) is 0 Å². The van der Waals surface area contributed by atoms with E-state index in [1.54, 1.807) is 0 Å². The van der Waals surface area contributed by atoms with Gasteiger partial charge >= 0.3 is 7.12 Å². The Morgan fingerprint density at radius 2 is 1.50 bits per heavy atom. The molecule has 18 heavy (non-hydrogen) atoms. The van der Waals surface area contributed by atoms with E-state index in [2.05, 4.69) is 6.92 Å². The van der Waals surface area contributed by atoms with Gasteiger partial charge in [0.25, 0.3) is 0 Å². The predicted octanol–water partition coefficient (Wildman–Crippen LogP) is 1.96. The first-order chi connectivity index (χ1) is 8.52. The zero-order valence-corrected chi connectivity index (χ0v) is 10.9. The van der Waals surface area contributed by atoms with Crippen LogP contribution in [0.2, 0.25) is 0 Å². The monoisotopic (exact) mass is 240 g/mol. The number of aryl methyl sites for hydroxylation is 2. The van der Waals surface area contributed by atoms with E-state index in [4.69, 9.17) is 0 Å². The maximum Gasteiger partial charge on any atom is 0.488 e. The Balaban J connectivity index is 2.72. The smallest absolute Gasteiger partial charge is 0.423 e. The molecule has 0 aliphatic heterocycles. The Labute approximate surface area is 108 Å². The SMILES string of the molecule is Cc1cc(C)c(-c2ccccc2)c(C)c1B(O)O. The number of benzene rings is 2. The van der Waals surface area contributed by atoms with Crippen LogP contribution in [-0.2, 0) is 0 Å². The zero-order chi connectivity index (χ0) is 13.3. The molecule has 0 saturated heterocycles. The lowest BCUT2D eigenvalue weighted by molar-refractivity contribution is 0.425. The summed E-state index contributed by atoms with van der Waals surface area (Å²) in [6.07, 6.45) is 0. The molecule has 0 saturated carbocycles. The molecule has 2 aromatic rings. The Kier molecular flexibility index (Phi) is 3.55. The fourth-order valence-corrected chi connectivity index (χ4v) is 2.65. The van der Waals surface area contributed by atoms with Gasteiger partial charge in [-0.1, -0.05) is 42.0 Å². The van der Waals surface area contributed by atoms with Crippen LogP contribution in [0.5, 0.6) is 0 Å². The molecule has 2 nitrogen and oxygen atoms in total.